The molecule has 0 fully saturated rings. The number of carbonyl (C=O) groups excluding carboxylic acids is 1. The Kier molecular flexibility index (Phi) is 3.93. The molecule has 94 valence electrons. The summed E-state index contributed by atoms with van der Waals surface area (Å²) in [6.07, 6.45) is 1.47. The van der Waals surface area contributed by atoms with Gasteiger partial charge in [-0.1, -0.05) is 11.6 Å². The van der Waals surface area contributed by atoms with E-state index in [-0.39, 0.29) is 11.8 Å². The molecule has 0 spiro atoms. The lowest BCUT2D eigenvalue weighted by Crippen LogP contribution is -2.05. The first-order valence-corrected chi connectivity index (χ1v) is 6.47. The summed E-state index contributed by atoms with van der Waals surface area (Å²) in [4.78, 5) is 21.0. The third kappa shape index (κ3) is 3.05. The van der Waals surface area contributed by atoms with Crippen LogP contribution in [0.15, 0.2) is 18.3 Å². The van der Waals surface area contributed by atoms with E-state index in [0.717, 1.165) is 15.6 Å². The number of aromatic nitrogens is 2. The minimum atomic E-state index is -0.426. The highest BCUT2D eigenvalue weighted by Crippen LogP contribution is 2.17. The highest BCUT2D eigenvalue weighted by molar-refractivity contribution is 7.11. The van der Waals surface area contributed by atoms with Crippen LogP contribution in [0.4, 0.5) is 0 Å². The van der Waals surface area contributed by atoms with Gasteiger partial charge >= 0.3 is 5.97 Å². The van der Waals surface area contributed by atoms with Gasteiger partial charge in [0.15, 0.2) is 0 Å². The molecule has 2 rings (SSSR count). The summed E-state index contributed by atoms with van der Waals surface area (Å²) in [6.45, 7) is 4.10. The molecule has 4 nitrogen and oxygen atoms in total. The molecule has 0 saturated carbocycles. The molecule has 18 heavy (non-hydrogen) atoms. The molecule has 0 bridgehead atoms. The van der Waals surface area contributed by atoms with Crippen LogP contribution in [0.2, 0.25) is 5.15 Å². The van der Waals surface area contributed by atoms with E-state index in [4.69, 9.17) is 16.3 Å². The maximum Gasteiger partial charge on any atom is 0.338 e. The van der Waals surface area contributed by atoms with Crippen LogP contribution in [-0.4, -0.2) is 15.9 Å². The molecule has 2 aromatic heterocycles. The fraction of sp³-hybridized carbons (Fsp3) is 0.250. The Balaban J connectivity index is 2.00. The largest absolute Gasteiger partial charge is 0.455 e. The van der Waals surface area contributed by atoms with Gasteiger partial charge in [-0.3, -0.25) is 0 Å². The van der Waals surface area contributed by atoms with Crippen molar-refractivity contribution in [3.8, 4) is 0 Å². The lowest BCUT2D eigenvalue weighted by atomic mass is 10.3. The number of ether oxygens (including phenoxy) is 1. The van der Waals surface area contributed by atoms with Crippen LogP contribution in [0.3, 0.4) is 0 Å². The lowest BCUT2D eigenvalue weighted by molar-refractivity contribution is 0.0472. The maximum atomic E-state index is 11.7. The van der Waals surface area contributed by atoms with E-state index in [1.165, 1.54) is 23.6 Å². The molecule has 0 aliphatic heterocycles. The average molecular weight is 283 g/mol. The number of nitrogens with zero attached hydrogens (tertiary/aromatic N) is 2. The van der Waals surface area contributed by atoms with Crippen molar-refractivity contribution < 1.29 is 9.53 Å². The van der Waals surface area contributed by atoms with Crippen molar-refractivity contribution in [3.63, 3.8) is 0 Å². The Bertz CT molecular complexity index is 564. The highest BCUT2D eigenvalue weighted by atomic mass is 35.5. The first-order valence-electron chi connectivity index (χ1n) is 5.28. The van der Waals surface area contributed by atoms with Crippen molar-refractivity contribution in [2.24, 2.45) is 0 Å². The third-order valence-corrected chi connectivity index (χ3v) is 3.61. The second kappa shape index (κ2) is 5.46. The van der Waals surface area contributed by atoms with Crippen molar-refractivity contribution >= 4 is 28.9 Å². The van der Waals surface area contributed by atoms with Gasteiger partial charge in [0.1, 0.15) is 16.8 Å². The number of hydrogen-bond acceptors (Lipinski definition) is 5. The van der Waals surface area contributed by atoms with E-state index in [0.29, 0.717) is 5.56 Å². The zero-order chi connectivity index (χ0) is 13.1. The zero-order valence-electron chi connectivity index (χ0n) is 9.94. The summed E-state index contributed by atoms with van der Waals surface area (Å²) in [5.74, 6) is -0.426. The van der Waals surface area contributed by atoms with Gasteiger partial charge in [-0.05, 0) is 26.0 Å². The van der Waals surface area contributed by atoms with E-state index >= 15 is 0 Å². The van der Waals surface area contributed by atoms with Gasteiger partial charge in [-0.25, -0.2) is 14.8 Å². The van der Waals surface area contributed by atoms with Crippen LogP contribution in [0.1, 0.15) is 25.9 Å². The highest BCUT2D eigenvalue weighted by Gasteiger charge is 2.10. The van der Waals surface area contributed by atoms with Crippen LogP contribution in [-0.2, 0) is 11.3 Å². The Morgan fingerprint density at radius 3 is 2.89 bits per heavy atom. The molecule has 0 unspecified atom stereocenters. The number of pyridine rings is 1. The Hall–Kier alpha value is -1.46. The molecule has 2 heterocycles. The van der Waals surface area contributed by atoms with Crippen molar-refractivity contribution in [2.45, 2.75) is 20.5 Å². The van der Waals surface area contributed by atoms with Gasteiger partial charge in [0.05, 0.1) is 11.3 Å². The number of thiazole rings is 1. The Morgan fingerprint density at radius 1 is 1.50 bits per heavy atom. The normalized spacial score (nSPS) is 10.4. The number of aryl methyl sites for hydroxylation is 2. The first kappa shape index (κ1) is 13.0. The number of hydrogen-bond donors (Lipinski definition) is 0. The molecular formula is C12H11ClN2O2S. The third-order valence-electron chi connectivity index (χ3n) is 2.36. The predicted molar refractivity (Wildman–Crippen MR) is 70.0 cm³/mol. The molecule has 2 aromatic rings. The van der Waals surface area contributed by atoms with Crippen molar-refractivity contribution in [3.05, 3.63) is 44.6 Å². The lowest BCUT2D eigenvalue weighted by Gasteiger charge is -2.02. The van der Waals surface area contributed by atoms with Crippen LogP contribution < -0.4 is 0 Å². The fourth-order valence-corrected chi connectivity index (χ4v) is 2.36. The molecule has 6 heteroatoms. The van der Waals surface area contributed by atoms with Crippen LogP contribution >= 0.6 is 22.9 Å². The molecule has 0 aromatic carbocycles. The summed E-state index contributed by atoms with van der Waals surface area (Å²) in [5.41, 5.74) is 1.36. The van der Waals surface area contributed by atoms with Gasteiger partial charge in [0.25, 0.3) is 0 Å². The Labute approximate surface area is 114 Å². The molecule has 0 aliphatic carbocycles. The van der Waals surface area contributed by atoms with Gasteiger partial charge in [-0.2, -0.15) is 0 Å². The monoisotopic (exact) mass is 282 g/mol. The molecule has 0 radical (unpaired) electrons. The van der Waals surface area contributed by atoms with E-state index in [9.17, 15) is 4.79 Å². The van der Waals surface area contributed by atoms with Crippen molar-refractivity contribution in [2.75, 3.05) is 0 Å². The average Bonchev–Trinajstić information content (AvgIpc) is 2.66. The number of halogens is 1. The smallest absolute Gasteiger partial charge is 0.338 e. The van der Waals surface area contributed by atoms with Gasteiger partial charge < -0.3 is 4.74 Å². The minimum absolute atomic E-state index is 0.179. The summed E-state index contributed by atoms with van der Waals surface area (Å²) in [7, 11) is 0. The van der Waals surface area contributed by atoms with E-state index in [2.05, 4.69) is 9.97 Å². The van der Waals surface area contributed by atoms with Crippen LogP contribution in [0, 0.1) is 13.8 Å². The van der Waals surface area contributed by atoms with Gasteiger partial charge in [0, 0.05) is 11.1 Å². The minimum Gasteiger partial charge on any atom is -0.455 e. The van der Waals surface area contributed by atoms with Gasteiger partial charge in [0.2, 0.25) is 0 Å². The van der Waals surface area contributed by atoms with E-state index in [1.54, 1.807) is 6.07 Å². The van der Waals surface area contributed by atoms with Crippen molar-refractivity contribution in [1.82, 2.24) is 9.97 Å². The maximum absolute atomic E-state index is 11.7. The topological polar surface area (TPSA) is 52.1 Å². The molecule has 0 atom stereocenters. The Morgan fingerprint density at radius 2 is 2.28 bits per heavy atom. The number of esters is 1. The summed E-state index contributed by atoms with van der Waals surface area (Å²) in [5, 5.41) is 1.06. The summed E-state index contributed by atoms with van der Waals surface area (Å²) in [6, 6.07) is 3.04. The molecule has 0 amide bonds. The second-order valence-corrected chi connectivity index (χ2v) is 5.37. The summed E-state index contributed by atoms with van der Waals surface area (Å²) >= 11 is 7.23. The van der Waals surface area contributed by atoms with E-state index in [1.807, 2.05) is 13.8 Å². The fourth-order valence-electron chi connectivity index (χ4n) is 1.34. The zero-order valence-corrected chi connectivity index (χ0v) is 11.5. The molecular weight excluding hydrogens is 272 g/mol. The number of carbonyl (C=O) groups is 1. The second-order valence-electron chi connectivity index (χ2n) is 3.69. The standard InChI is InChI=1S/C12H11ClN2O2S/c1-7-8(2)18-11(15-7)6-17-12(16)9-3-4-14-10(13)5-9/h3-5H,6H2,1-2H3. The molecule has 0 N–H and O–H groups in total. The quantitative estimate of drug-likeness (QED) is 0.641. The van der Waals surface area contributed by atoms with Crippen LogP contribution in [0.25, 0.3) is 0 Å². The van der Waals surface area contributed by atoms with Crippen LogP contribution in [0.5, 0.6) is 0 Å². The first-order chi connectivity index (χ1) is 8.56. The van der Waals surface area contributed by atoms with E-state index < -0.39 is 5.97 Å². The number of rotatable bonds is 3. The predicted octanol–water partition coefficient (Wildman–Crippen LogP) is 3.17. The summed E-state index contributed by atoms with van der Waals surface area (Å²) < 4.78 is 5.16. The molecule has 0 saturated heterocycles. The van der Waals surface area contributed by atoms with Crippen molar-refractivity contribution in [1.29, 1.82) is 0 Å². The van der Waals surface area contributed by atoms with Gasteiger partial charge in [-0.15, -0.1) is 11.3 Å². The molecule has 0 aliphatic rings. The SMILES string of the molecule is Cc1nc(COC(=O)c2ccnc(Cl)c2)sc1C.